The average Bonchev–Trinajstić information content (AvgIpc) is 2.65. The van der Waals surface area contributed by atoms with E-state index in [-0.39, 0.29) is 16.4 Å². The van der Waals surface area contributed by atoms with Gasteiger partial charge in [0.1, 0.15) is 11.5 Å². The number of phenols is 1. The number of amides is 2. The highest BCUT2D eigenvalue weighted by Crippen LogP contribution is 2.18. The van der Waals surface area contributed by atoms with Gasteiger partial charge in [0.05, 0.1) is 12.7 Å². The van der Waals surface area contributed by atoms with Crippen molar-refractivity contribution in [3.05, 3.63) is 65.7 Å². The van der Waals surface area contributed by atoms with Crippen LogP contribution in [-0.4, -0.2) is 29.1 Å². The van der Waals surface area contributed by atoms with Crippen LogP contribution >= 0.6 is 12.2 Å². The number of para-hydroxylation sites is 2. The van der Waals surface area contributed by atoms with E-state index >= 15 is 0 Å². The summed E-state index contributed by atoms with van der Waals surface area (Å²) in [5.74, 6) is -0.608. The molecule has 2 amide bonds. The molecule has 2 rings (SSSR count). The molecule has 0 atom stereocenters. The molecule has 0 bridgehead atoms. The number of hydrogen-bond donors (Lipinski definition) is 4. The third kappa shape index (κ3) is 5.32. The second-order valence-electron chi connectivity index (χ2n) is 4.99. The SMILES string of the molecule is COc1ccccc1C=CC(=O)NC(=S)NNC(=O)c1ccccc1O. The van der Waals surface area contributed by atoms with Crippen LogP contribution < -0.4 is 20.9 Å². The topological polar surface area (TPSA) is 99.7 Å². The van der Waals surface area contributed by atoms with Gasteiger partial charge in [-0.1, -0.05) is 30.3 Å². The van der Waals surface area contributed by atoms with Crippen LogP contribution in [0, 0.1) is 0 Å². The Labute approximate surface area is 155 Å². The van der Waals surface area contributed by atoms with E-state index in [9.17, 15) is 14.7 Å². The third-order valence-corrected chi connectivity index (χ3v) is 3.43. The van der Waals surface area contributed by atoms with Crippen molar-refractivity contribution in [1.82, 2.24) is 16.2 Å². The molecule has 0 unspecified atom stereocenters. The zero-order valence-electron chi connectivity index (χ0n) is 13.9. The van der Waals surface area contributed by atoms with Gasteiger partial charge in [0.15, 0.2) is 5.11 Å². The van der Waals surface area contributed by atoms with E-state index in [4.69, 9.17) is 17.0 Å². The molecule has 0 aliphatic rings. The lowest BCUT2D eigenvalue weighted by molar-refractivity contribution is -0.115. The predicted molar refractivity (Wildman–Crippen MR) is 101 cm³/mol. The lowest BCUT2D eigenvalue weighted by atomic mass is 10.2. The highest BCUT2D eigenvalue weighted by atomic mass is 32.1. The number of hydrogen-bond acceptors (Lipinski definition) is 5. The van der Waals surface area contributed by atoms with E-state index in [1.807, 2.05) is 12.1 Å². The van der Waals surface area contributed by atoms with Crippen LogP contribution in [0.2, 0.25) is 0 Å². The number of ether oxygens (including phenoxy) is 1. The highest BCUT2D eigenvalue weighted by molar-refractivity contribution is 7.80. The first kappa shape index (κ1) is 18.9. The van der Waals surface area contributed by atoms with Gasteiger partial charge in [-0.3, -0.25) is 25.8 Å². The molecule has 4 N–H and O–H groups in total. The first-order chi connectivity index (χ1) is 12.5. The zero-order valence-corrected chi connectivity index (χ0v) is 14.7. The standard InChI is InChI=1S/C18H17N3O4S/c1-25-15-9-5-2-6-12(15)10-11-16(23)19-18(26)21-20-17(24)13-7-3-4-8-14(13)22/h2-11,22H,1H3,(H,20,24)(H2,19,21,23,26). The summed E-state index contributed by atoms with van der Waals surface area (Å²) in [6, 6.07) is 13.3. The Kier molecular flexibility index (Phi) is 6.69. The molecule has 0 aliphatic carbocycles. The minimum Gasteiger partial charge on any atom is -0.507 e. The number of benzene rings is 2. The van der Waals surface area contributed by atoms with Crippen molar-refractivity contribution >= 4 is 35.2 Å². The monoisotopic (exact) mass is 371 g/mol. The fourth-order valence-electron chi connectivity index (χ4n) is 2.00. The van der Waals surface area contributed by atoms with Crippen molar-refractivity contribution in [3.63, 3.8) is 0 Å². The molecule has 0 heterocycles. The number of thiocarbonyl (C=S) groups is 1. The van der Waals surface area contributed by atoms with Crippen molar-refractivity contribution in [2.24, 2.45) is 0 Å². The molecule has 2 aromatic rings. The molecule has 0 spiro atoms. The maximum absolute atomic E-state index is 11.9. The molecule has 0 aromatic heterocycles. The summed E-state index contributed by atoms with van der Waals surface area (Å²) in [4.78, 5) is 23.8. The summed E-state index contributed by atoms with van der Waals surface area (Å²) in [6.07, 6.45) is 2.87. The lowest BCUT2D eigenvalue weighted by Gasteiger charge is -2.10. The predicted octanol–water partition coefficient (Wildman–Crippen LogP) is 1.75. The van der Waals surface area contributed by atoms with Gasteiger partial charge in [-0.25, -0.2) is 0 Å². The number of phenolic OH excluding ortho intramolecular Hbond substituents is 1. The molecule has 0 fully saturated rings. The second kappa shape index (κ2) is 9.19. The number of rotatable bonds is 4. The van der Waals surface area contributed by atoms with Crippen LogP contribution in [0.5, 0.6) is 11.5 Å². The van der Waals surface area contributed by atoms with E-state index in [1.165, 1.54) is 18.2 Å². The quantitative estimate of drug-likeness (QED) is 0.371. The summed E-state index contributed by atoms with van der Waals surface area (Å²) in [6.45, 7) is 0. The maximum Gasteiger partial charge on any atom is 0.273 e. The minimum atomic E-state index is -0.593. The van der Waals surface area contributed by atoms with Crippen LogP contribution in [0.25, 0.3) is 6.08 Å². The number of carbonyl (C=O) groups excluding carboxylic acids is 2. The molecule has 0 saturated carbocycles. The Balaban J connectivity index is 1.85. The normalized spacial score (nSPS) is 10.2. The molecule has 0 aliphatic heterocycles. The Morgan fingerprint density at radius 3 is 2.50 bits per heavy atom. The zero-order chi connectivity index (χ0) is 18.9. The first-order valence-electron chi connectivity index (χ1n) is 7.51. The van der Waals surface area contributed by atoms with E-state index in [1.54, 1.807) is 37.5 Å². The molecule has 134 valence electrons. The number of hydrazine groups is 1. The fraction of sp³-hybridized carbons (Fsp3) is 0.0556. The van der Waals surface area contributed by atoms with E-state index in [2.05, 4.69) is 16.2 Å². The molecular formula is C18H17N3O4S. The van der Waals surface area contributed by atoms with Gasteiger partial charge in [0, 0.05) is 11.6 Å². The number of carbonyl (C=O) groups is 2. The van der Waals surface area contributed by atoms with Gasteiger partial charge in [-0.15, -0.1) is 0 Å². The molecule has 0 saturated heterocycles. The smallest absolute Gasteiger partial charge is 0.273 e. The Bertz CT molecular complexity index is 852. The maximum atomic E-state index is 11.9. The van der Waals surface area contributed by atoms with Crippen molar-refractivity contribution < 1.29 is 19.4 Å². The van der Waals surface area contributed by atoms with Crippen LogP contribution in [-0.2, 0) is 4.79 Å². The lowest BCUT2D eigenvalue weighted by Crippen LogP contribution is -2.48. The van der Waals surface area contributed by atoms with Crippen molar-refractivity contribution in [2.45, 2.75) is 0 Å². The highest BCUT2D eigenvalue weighted by Gasteiger charge is 2.10. The summed E-state index contributed by atoms with van der Waals surface area (Å²) in [5.41, 5.74) is 5.49. The van der Waals surface area contributed by atoms with E-state index < -0.39 is 11.8 Å². The number of methoxy groups -OCH3 is 1. The molecule has 2 aromatic carbocycles. The molecule has 0 radical (unpaired) electrons. The van der Waals surface area contributed by atoms with Crippen molar-refractivity contribution in [1.29, 1.82) is 0 Å². The molecule has 26 heavy (non-hydrogen) atoms. The van der Waals surface area contributed by atoms with E-state index in [0.29, 0.717) is 5.75 Å². The largest absolute Gasteiger partial charge is 0.507 e. The van der Waals surface area contributed by atoms with Gasteiger partial charge >= 0.3 is 0 Å². The van der Waals surface area contributed by atoms with Crippen LogP contribution in [0.4, 0.5) is 0 Å². The number of aromatic hydroxyl groups is 1. The molecular weight excluding hydrogens is 354 g/mol. The third-order valence-electron chi connectivity index (χ3n) is 3.23. The van der Waals surface area contributed by atoms with Crippen LogP contribution in [0.3, 0.4) is 0 Å². The van der Waals surface area contributed by atoms with Crippen molar-refractivity contribution in [3.8, 4) is 11.5 Å². The van der Waals surface area contributed by atoms with Crippen LogP contribution in [0.1, 0.15) is 15.9 Å². The minimum absolute atomic E-state index is 0.0743. The van der Waals surface area contributed by atoms with E-state index in [0.717, 1.165) is 5.56 Å². The summed E-state index contributed by atoms with van der Waals surface area (Å²) < 4.78 is 5.19. The van der Waals surface area contributed by atoms with Gasteiger partial charge < -0.3 is 9.84 Å². The second-order valence-corrected chi connectivity index (χ2v) is 5.40. The number of nitrogens with one attached hydrogen (secondary N) is 3. The molecule has 8 heteroatoms. The van der Waals surface area contributed by atoms with Crippen molar-refractivity contribution in [2.75, 3.05) is 7.11 Å². The summed E-state index contributed by atoms with van der Waals surface area (Å²) in [7, 11) is 1.54. The Morgan fingerprint density at radius 2 is 1.77 bits per heavy atom. The summed E-state index contributed by atoms with van der Waals surface area (Å²) >= 11 is 4.93. The Hall–Kier alpha value is -3.39. The van der Waals surface area contributed by atoms with Gasteiger partial charge in [0.2, 0.25) is 5.91 Å². The van der Waals surface area contributed by atoms with Gasteiger partial charge in [-0.2, -0.15) is 0 Å². The average molecular weight is 371 g/mol. The first-order valence-corrected chi connectivity index (χ1v) is 7.92. The van der Waals surface area contributed by atoms with Crippen LogP contribution in [0.15, 0.2) is 54.6 Å². The van der Waals surface area contributed by atoms with Gasteiger partial charge in [0.25, 0.3) is 5.91 Å². The Morgan fingerprint density at radius 1 is 1.08 bits per heavy atom. The van der Waals surface area contributed by atoms with Gasteiger partial charge in [-0.05, 0) is 36.5 Å². The fourth-order valence-corrected chi connectivity index (χ4v) is 2.15. The molecule has 7 nitrogen and oxygen atoms in total. The summed E-state index contributed by atoms with van der Waals surface area (Å²) in [5, 5.41) is 11.9.